The van der Waals surface area contributed by atoms with Crippen LogP contribution in [-0.2, 0) is 19.2 Å². The number of esters is 2. The minimum atomic E-state index is -1.01. The molecule has 2 aromatic carbocycles. The summed E-state index contributed by atoms with van der Waals surface area (Å²) >= 11 is 0. The number of carbonyl (C=O) groups excluding carboxylic acids is 4. The fourth-order valence-electron chi connectivity index (χ4n) is 4.46. The van der Waals surface area contributed by atoms with E-state index in [9.17, 15) is 24.3 Å². The van der Waals surface area contributed by atoms with E-state index >= 15 is 0 Å². The Balaban J connectivity index is 0.00000768. The van der Waals surface area contributed by atoms with Crippen LogP contribution in [0.5, 0.6) is 17.2 Å². The van der Waals surface area contributed by atoms with Crippen LogP contribution in [0.25, 0.3) is 0 Å². The van der Waals surface area contributed by atoms with Gasteiger partial charge in [-0.25, -0.2) is 0 Å². The number of β-amino-alcohol motifs (C(OH)–C–C–N with tert-alkyl or cyclic N) is 1. The Hall–Kier alpha value is -3.48. The molecule has 2 atom stereocenters. The van der Waals surface area contributed by atoms with Crippen LogP contribution < -0.4 is 24.8 Å². The number of nitrogens with zero attached hydrogens (tertiary/aromatic N) is 1. The van der Waals surface area contributed by atoms with Crippen LogP contribution in [0, 0.1) is 10.8 Å². The smallest absolute Gasteiger partial charge is 0.316 e. The molecule has 1 aliphatic rings. The summed E-state index contributed by atoms with van der Waals surface area (Å²) in [5, 5.41) is 17.2. The number of ether oxygens (including phenoxy) is 3. The van der Waals surface area contributed by atoms with E-state index in [0.717, 1.165) is 6.42 Å². The number of aliphatic hydroxyl groups excluding tert-OH is 1. The number of rotatable bonds is 12. The van der Waals surface area contributed by atoms with E-state index in [1.54, 1.807) is 64.6 Å². The van der Waals surface area contributed by atoms with E-state index in [1.807, 2.05) is 32.0 Å². The molecule has 2 aromatic rings. The number of amides is 2. The number of likely N-dealkylation sites (tertiary alicyclic amines) is 1. The zero-order valence-corrected chi connectivity index (χ0v) is 30.4. The minimum absolute atomic E-state index is 0. The van der Waals surface area contributed by atoms with Crippen molar-refractivity contribution in [1.29, 1.82) is 0 Å². The maximum atomic E-state index is 13.1. The Morgan fingerprint density at radius 3 is 2.09 bits per heavy atom. The average Bonchev–Trinajstić information content (AvgIpc) is 3.48. The van der Waals surface area contributed by atoms with Crippen molar-refractivity contribution in [3.8, 4) is 17.2 Å². The maximum absolute atomic E-state index is 13.1. The first-order chi connectivity index (χ1) is 21.4. The van der Waals surface area contributed by atoms with Gasteiger partial charge in [0, 0.05) is 25.2 Å². The molecule has 0 spiro atoms. The van der Waals surface area contributed by atoms with Crippen molar-refractivity contribution in [3.63, 3.8) is 0 Å². The van der Waals surface area contributed by atoms with Crippen LogP contribution in [0.3, 0.4) is 0 Å². The molecule has 1 fully saturated rings. The lowest BCUT2D eigenvalue weighted by molar-refractivity contribution is -0.145. The van der Waals surface area contributed by atoms with Crippen molar-refractivity contribution >= 4 is 40.7 Å². The summed E-state index contributed by atoms with van der Waals surface area (Å²) in [5.74, 6) is -0.798. The van der Waals surface area contributed by atoms with Crippen molar-refractivity contribution in [2.24, 2.45) is 10.8 Å². The third-order valence-corrected chi connectivity index (χ3v) is 7.44. The van der Waals surface area contributed by atoms with Crippen LogP contribution in [0.1, 0.15) is 79.9 Å². The first kappa shape index (κ1) is 39.7. The molecule has 1 saturated heterocycles. The van der Waals surface area contributed by atoms with Crippen LogP contribution in [-0.4, -0.2) is 71.6 Å². The Morgan fingerprint density at radius 2 is 1.49 bits per heavy atom. The summed E-state index contributed by atoms with van der Waals surface area (Å²) in [6.07, 6.45) is 0.283. The standard InChI is InChI=1S/C35H49N3O8.BrH/c1-33(2,3)31(42)45-27-17-16-23(19-28(27)46-32(43)34(4,5)6)26(39)20-37-35(7,8)22-36-30(41)25-15-12-18-38(25)29(40)21-44-24-13-10-9-11-14-24;/h9-11,13-14,16-17,19,25-26,37,39H,12,15,18,20-22H2,1-8H3,(H,36,41);1H/t25-,26?;/m1./s1. The quantitative estimate of drug-likeness (QED) is 0.209. The van der Waals surface area contributed by atoms with Gasteiger partial charge >= 0.3 is 11.9 Å². The van der Waals surface area contributed by atoms with Crippen LogP contribution >= 0.6 is 17.0 Å². The van der Waals surface area contributed by atoms with E-state index in [2.05, 4.69) is 10.6 Å². The number of hydrogen-bond donors (Lipinski definition) is 3. The molecule has 12 heteroatoms. The fraction of sp³-hybridized carbons (Fsp3) is 0.543. The normalized spacial score (nSPS) is 15.7. The molecule has 0 saturated carbocycles. The molecule has 1 unspecified atom stereocenters. The number of hydrogen-bond acceptors (Lipinski definition) is 9. The highest BCUT2D eigenvalue weighted by molar-refractivity contribution is 8.93. The second-order valence-corrected chi connectivity index (χ2v) is 14.3. The molecule has 1 heterocycles. The van der Waals surface area contributed by atoms with Gasteiger partial charge in [0.15, 0.2) is 18.1 Å². The lowest BCUT2D eigenvalue weighted by Gasteiger charge is -2.30. The van der Waals surface area contributed by atoms with E-state index in [1.165, 1.54) is 12.1 Å². The van der Waals surface area contributed by atoms with Gasteiger partial charge in [-0.1, -0.05) is 24.3 Å². The minimum Gasteiger partial charge on any atom is -0.484 e. The van der Waals surface area contributed by atoms with Gasteiger partial charge in [0.05, 0.1) is 16.9 Å². The topological polar surface area (TPSA) is 144 Å². The molecule has 0 bridgehead atoms. The predicted octanol–water partition coefficient (Wildman–Crippen LogP) is 4.76. The third kappa shape index (κ3) is 11.9. The van der Waals surface area contributed by atoms with E-state index in [4.69, 9.17) is 14.2 Å². The summed E-state index contributed by atoms with van der Waals surface area (Å²) in [7, 11) is 0. The summed E-state index contributed by atoms with van der Waals surface area (Å²) in [6.45, 7) is 14.8. The molecule has 2 amide bonds. The van der Waals surface area contributed by atoms with Crippen molar-refractivity contribution in [2.75, 3.05) is 26.2 Å². The largest absolute Gasteiger partial charge is 0.484 e. The zero-order valence-electron chi connectivity index (χ0n) is 28.7. The van der Waals surface area contributed by atoms with Crippen LogP contribution in [0.15, 0.2) is 48.5 Å². The molecular weight excluding hydrogens is 670 g/mol. The number of halogens is 1. The molecule has 0 aromatic heterocycles. The van der Waals surface area contributed by atoms with Crippen molar-refractivity contribution in [1.82, 2.24) is 15.5 Å². The Morgan fingerprint density at radius 1 is 0.894 bits per heavy atom. The Labute approximate surface area is 288 Å². The first-order valence-corrected chi connectivity index (χ1v) is 15.6. The molecule has 1 aliphatic heterocycles. The molecule has 0 aliphatic carbocycles. The van der Waals surface area contributed by atoms with Crippen molar-refractivity contribution < 1.29 is 38.5 Å². The SMILES string of the molecule is Br.CC(C)(CNC(=O)[C@H]1CCCN1C(=O)COc1ccccc1)NCC(O)c1ccc(OC(=O)C(C)(C)C)c(OC(=O)C(C)(C)C)c1. The Kier molecular flexibility index (Phi) is 14.0. The second-order valence-electron chi connectivity index (χ2n) is 14.3. The molecule has 47 heavy (non-hydrogen) atoms. The summed E-state index contributed by atoms with van der Waals surface area (Å²) in [6, 6.07) is 13.1. The van der Waals surface area contributed by atoms with Crippen molar-refractivity contribution in [3.05, 3.63) is 54.1 Å². The number of carbonyl (C=O) groups is 4. The molecule has 3 rings (SSSR count). The van der Waals surface area contributed by atoms with E-state index in [-0.39, 0.29) is 60.0 Å². The van der Waals surface area contributed by atoms with Gasteiger partial charge in [-0.05, 0) is 98.1 Å². The molecular formula is C35H50BrN3O8. The molecule has 3 N–H and O–H groups in total. The van der Waals surface area contributed by atoms with Gasteiger partial charge in [0.25, 0.3) is 5.91 Å². The number of aliphatic hydroxyl groups is 1. The molecule has 260 valence electrons. The lowest BCUT2D eigenvalue weighted by atomic mass is 9.97. The monoisotopic (exact) mass is 719 g/mol. The maximum Gasteiger partial charge on any atom is 0.316 e. The highest BCUT2D eigenvalue weighted by Gasteiger charge is 2.35. The van der Waals surface area contributed by atoms with Crippen LogP contribution in [0.2, 0.25) is 0 Å². The average molecular weight is 721 g/mol. The van der Waals surface area contributed by atoms with Crippen molar-refractivity contribution in [2.45, 2.75) is 85.9 Å². The molecule has 11 nitrogen and oxygen atoms in total. The van der Waals surface area contributed by atoms with Crippen LogP contribution in [0.4, 0.5) is 0 Å². The predicted molar refractivity (Wildman–Crippen MR) is 184 cm³/mol. The number of benzene rings is 2. The van der Waals surface area contributed by atoms with Gasteiger partial charge in [0.2, 0.25) is 5.91 Å². The van der Waals surface area contributed by atoms with Gasteiger partial charge in [0.1, 0.15) is 11.8 Å². The van der Waals surface area contributed by atoms with Gasteiger partial charge in [-0.2, -0.15) is 0 Å². The molecule has 0 radical (unpaired) electrons. The fourth-order valence-corrected chi connectivity index (χ4v) is 4.46. The van der Waals surface area contributed by atoms with Gasteiger partial charge in [-0.15, -0.1) is 17.0 Å². The first-order valence-electron chi connectivity index (χ1n) is 15.6. The highest BCUT2D eigenvalue weighted by Crippen LogP contribution is 2.34. The third-order valence-electron chi connectivity index (χ3n) is 7.44. The van der Waals surface area contributed by atoms with E-state index in [0.29, 0.717) is 24.3 Å². The lowest BCUT2D eigenvalue weighted by Crippen LogP contribution is -2.54. The Bertz CT molecular complexity index is 1390. The van der Waals surface area contributed by atoms with E-state index < -0.39 is 40.5 Å². The second kappa shape index (κ2) is 16.6. The highest BCUT2D eigenvalue weighted by atomic mass is 79.9. The zero-order chi connectivity index (χ0) is 34.3. The number of para-hydroxylation sites is 1. The summed E-state index contributed by atoms with van der Waals surface area (Å²) in [4.78, 5) is 52.7. The van der Waals surface area contributed by atoms with Gasteiger partial charge in [-0.3, -0.25) is 19.2 Å². The summed E-state index contributed by atoms with van der Waals surface area (Å²) < 4.78 is 16.7. The van der Waals surface area contributed by atoms with Gasteiger partial charge < -0.3 is 34.9 Å². The number of nitrogens with one attached hydrogen (secondary N) is 2. The summed E-state index contributed by atoms with van der Waals surface area (Å²) in [5.41, 5.74) is -1.77.